The number of benzene rings is 1. The highest BCUT2D eigenvalue weighted by molar-refractivity contribution is 5.74. The van der Waals surface area contributed by atoms with Gasteiger partial charge in [0, 0.05) is 6.54 Å². The molecule has 1 fully saturated rings. The number of furan rings is 1. The molecule has 0 radical (unpaired) electrons. The van der Waals surface area contributed by atoms with E-state index < -0.39 is 0 Å². The van der Waals surface area contributed by atoms with Gasteiger partial charge in [-0.25, -0.2) is 4.79 Å². The van der Waals surface area contributed by atoms with Crippen molar-refractivity contribution < 1.29 is 13.9 Å². The van der Waals surface area contributed by atoms with E-state index in [0.29, 0.717) is 26.2 Å². The summed E-state index contributed by atoms with van der Waals surface area (Å²) in [5.74, 6) is 0.747. The first-order valence-electron chi connectivity index (χ1n) is 7.46. The number of nitrogens with zero attached hydrogens (tertiary/aromatic N) is 1. The molecule has 0 aliphatic carbocycles. The molecule has 0 spiro atoms. The maximum absolute atomic E-state index is 12.3. The summed E-state index contributed by atoms with van der Waals surface area (Å²) in [5.41, 5.74) is 2.33. The lowest BCUT2D eigenvalue weighted by Gasteiger charge is -2.33. The summed E-state index contributed by atoms with van der Waals surface area (Å²) in [6.45, 7) is 4.18. The molecule has 1 N–H and O–H groups in total. The van der Waals surface area contributed by atoms with E-state index in [9.17, 15) is 4.79 Å². The van der Waals surface area contributed by atoms with Crippen LogP contribution in [0, 0.1) is 6.92 Å². The number of urea groups is 1. The Morgan fingerprint density at radius 3 is 2.95 bits per heavy atom. The van der Waals surface area contributed by atoms with Gasteiger partial charge in [0.15, 0.2) is 0 Å². The molecule has 0 saturated carbocycles. The quantitative estimate of drug-likeness (QED) is 0.948. The van der Waals surface area contributed by atoms with E-state index in [2.05, 4.69) is 24.4 Å². The van der Waals surface area contributed by atoms with E-state index in [4.69, 9.17) is 9.15 Å². The predicted molar refractivity (Wildman–Crippen MR) is 82.4 cm³/mol. The molecule has 116 valence electrons. The van der Waals surface area contributed by atoms with Gasteiger partial charge >= 0.3 is 6.03 Å². The first-order chi connectivity index (χ1) is 10.7. The second-order valence-corrected chi connectivity index (χ2v) is 5.40. The molecule has 1 aromatic carbocycles. The average molecular weight is 300 g/mol. The third kappa shape index (κ3) is 3.31. The Labute approximate surface area is 129 Å². The van der Waals surface area contributed by atoms with Crippen LogP contribution >= 0.6 is 0 Å². The van der Waals surface area contributed by atoms with Crippen molar-refractivity contribution in [3.8, 4) is 0 Å². The van der Waals surface area contributed by atoms with Crippen molar-refractivity contribution in [2.45, 2.75) is 19.6 Å². The topological polar surface area (TPSA) is 54.7 Å². The van der Waals surface area contributed by atoms with Crippen molar-refractivity contribution in [2.75, 3.05) is 19.7 Å². The van der Waals surface area contributed by atoms with E-state index in [1.807, 2.05) is 24.3 Å². The normalized spacial score (nSPS) is 18.2. The van der Waals surface area contributed by atoms with E-state index in [0.717, 1.165) is 11.3 Å². The summed E-state index contributed by atoms with van der Waals surface area (Å²) in [6, 6.07) is 11.7. The molecule has 1 unspecified atom stereocenters. The van der Waals surface area contributed by atoms with Crippen LogP contribution in [0.4, 0.5) is 4.79 Å². The Morgan fingerprint density at radius 2 is 2.18 bits per heavy atom. The maximum Gasteiger partial charge on any atom is 0.317 e. The lowest BCUT2D eigenvalue weighted by Crippen LogP contribution is -2.47. The van der Waals surface area contributed by atoms with Gasteiger partial charge in [0.25, 0.3) is 0 Å². The molecule has 5 nitrogen and oxygen atoms in total. The number of nitrogens with one attached hydrogen (secondary N) is 1. The van der Waals surface area contributed by atoms with Crippen LogP contribution in [0.25, 0.3) is 0 Å². The van der Waals surface area contributed by atoms with E-state index in [1.165, 1.54) is 5.56 Å². The molecule has 3 rings (SSSR count). The van der Waals surface area contributed by atoms with Crippen molar-refractivity contribution in [3.63, 3.8) is 0 Å². The van der Waals surface area contributed by atoms with Gasteiger partial charge in [0.1, 0.15) is 11.9 Å². The predicted octanol–water partition coefficient (Wildman–Crippen LogP) is 2.87. The highest BCUT2D eigenvalue weighted by Gasteiger charge is 2.26. The largest absolute Gasteiger partial charge is 0.467 e. The van der Waals surface area contributed by atoms with Crippen LogP contribution in [0.5, 0.6) is 0 Å². The molecule has 1 saturated heterocycles. The van der Waals surface area contributed by atoms with E-state index >= 15 is 0 Å². The van der Waals surface area contributed by atoms with Crippen LogP contribution < -0.4 is 5.32 Å². The third-order valence-corrected chi connectivity index (χ3v) is 3.88. The van der Waals surface area contributed by atoms with Crippen molar-refractivity contribution in [3.05, 3.63) is 59.5 Å². The second kappa shape index (κ2) is 6.66. The third-order valence-electron chi connectivity index (χ3n) is 3.88. The standard InChI is InChI=1S/C17H20N2O3/c1-13-5-2-3-7-15(13)16-12-19(8-10-22-16)17(20)18-11-14-6-4-9-21-14/h2-7,9,16H,8,10-12H2,1H3,(H,18,20). The van der Waals surface area contributed by atoms with Crippen LogP contribution in [-0.2, 0) is 11.3 Å². The van der Waals surface area contributed by atoms with Crippen LogP contribution in [-0.4, -0.2) is 30.6 Å². The number of ether oxygens (including phenoxy) is 1. The molecule has 2 amide bonds. The first kappa shape index (κ1) is 14.7. The van der Waals surface area contributed by atoms with Crippen LogP contribution in [0.2, 0.25) is 0 Å². The molecule has 0 bridgehead atoms. The minimum absolute atomic E-state index is 0.0655. The van der Waals surface area contributed by atoms with Gasteiger partial charge in [-0.1, -0.05) is 24.3 Å². The Bertz CT molecular complexity index is 625. The molecule has 1 aliphatic heterocycles. The fourth-order valence-corrected chi connectivity index (χ4v) is 2.66. The number of rotatable bonds is 3. The van der Waals surface area contributed by atoms with Crippen LogP contribution in [0.1, 0.15) is 23.0 Å². The molecule has 2 aromatic rings. The minimum atomic E-state index is -0.0849. The molecule has 1 aliphatic rings. The van der Waals surface area contributed by atoms with E-state index in [-0.39, 0.29) is 12.1 Å². The molecule has 1 aromatic heterocycles. The zero-order chi connectivity index (χ0) is 15.4. The van der Waals surface area contributed by atoms with Gasteiger partial charge in [-0.3, -0.25) is 0 Å². The maximum atomic E-state index is 12.3. The minimum Gasteiger partial charge on any atom is -0.467 e. The fourth-order valence-electron chi connectivity index (χ4n) is 2.66. The van der Waals surface area contributed by atoms with Gasteiger partial charge in [-0.05, 0) is 30.2 Å². The first-order valence-corrected chi connectivity index (χ1v) is 7.46. The van der Waals surface area contributed by atoms with Crippen molar-refractivity contribution in [1.29, 1.82) is 0 Å². The molecule has 22 heavy (non-hydrogen) atoms. The van der Waals surface area contributed by atoms with Crippen molar-refractivity contribution in [2.24, 2.45) is 0 Å². The monoisotopic (exact) mass is 300 g/mol. The summed E-state index contributed by atoms with van der Waals surface area (Å²) in [7, 11) is 0. The van der Waals surface area contributed by atoms with Crippen LogP contribution in [0.3, 0.4) is 0 Å². The van der Waals surface area contributed by atoms with Crippen molar-refractivity contribution in [1.82, 2.24) is 10.2 Å². The lowest BCUT2D eigenvalue weighted by atomic mass is 10.0. The zero-order valence-corrected chi connectivity index (χ0v) is 12.6. The number of hydrogen-bond donors (Lipinski definition) is 1. The summed E-state index contributed by atoms with van der Waals surface area (Å²) >= 11 is 0. The fraction of sp³-hybridized carbons (Fsp3) is 0.353. The molecular weight excluding hydrogens is 280 g/mol. The number of carbonyl (C=O) groups is 1. The van der Waals surface area contributed by atoms with Crippen molar-refractivity contribution >= 4 is 6.03 Å². The molecular formula is C17H20N2O3. The lowest BCUT2D eigenvalue weighted by molar-refractivity contribution is -0.0158. The number of amides is 2. The molecule has 2 heterocycles. The average Bonchev–Trinajstić information content (AvgIpc) is 3.06. The summed E-state index contributed by atoms with van der Waals surface area (Å²) in [5, 5.41) is 2.88. The Kier molecular flexibility index (Phi) is 4.44. The number of hydrogen-bond acceptors (Lipinski definition) is 3. The van der Waals surface area contributed by atoms with Gasteiger partial charge in [-0.2, -0.15) is 0 Å². The van der Waals surface area contributed by atoms with Gasteiger partial charge in [0.05, 0.1) is 26.0 Å². The van der Waals surface area contributed by atoms with Crippen LogP contribution in [0.15, 0.2) is 47.1 Å². The second-order valence-electron chi connectivity index (χ2n) is 5.40. The van der Waals surface area contributed by atoms with Gasteiger partial charge in [0.2, 0.25) is 0 Å². The highest BCUT2D eigenvalue weighted by atomic mass is 16.5. The Hall–Kier alpha value is -2.27. The smallest absolute Gasteiger partial charge is 0.317 e. The summed E-state index contributed by atoms with van der Waals surface area (Å²) in [6.07, 6.45) is 1.54. The Morgan fingerprint density at radius 1 is 1.32 bits per heavy atom. The van der Waals surface area contributed by atoms with Gasteiger partial charge in [-0.15, -0.1) is 0 Å². The summed E-state index contributed by atoms with van der Waals surface area (Å²) in [4.78, 5) is 14.1. The Balaban J connectivity index is 1.60. The number of carbonyl (C=O) groups excluding carboxylic acids is 1. The number of morpholine rings is 1. The zero-order valence-electron chi connectivity index (χ0n) is 12.6. The summed E-state index contributed by atoms with van der Waals surface area (Å²) < 4.78 is 11.1. The molecule has 1 atom stereocenters. The number of aryl methyl sites for hydroxylation is 1. The molecule has 5 heteroatoms. The highest BCUT2D eigenvalue weighted by Crippen LogP contribution is 2.24. The van der Waals surface area contributed by atoms with E-state index in [1.54, 1.807) is 11.2 Å². The van der Waals surface area contributed by atoms with Gasteiger partial charge < -0.3 is 19.4 Å². The SMILES string of the molecule is Cc1ccccc1C1CN(C(=O)NCc2ccco2)CCO1.